The Morgan fingerprint density at radius 3 is 0.833 bits per heavy atom. The van der Waals surface area contributed by atoms with E-state index in [2.05, 4.69) is 0 Å². The first kappa shape index (κ1) is 62.6. The maximum atomic E-state index is 13.0. The van der Waals surface area contributed by atoms with E-state index in [1.54, 1.807) is 86.4 Å². The van der Waals surface area contributed by atoms with Crippen LogP contribution >= 0.6 is 35.3 Å². The number of rotatable bonds is 18. The van der Waals surface area contributed by atoms with Gasteiger partial charge in [-0.25, -0.2) is 0 Å². The van der Waals surface area contributed by atoms with Gasteiger partial charge in [-0.05, 0) is 72.8 Å². The van der Waals surface area contributed by atoms with Crippen molar-refractivity contribution in [2.75, 3.05) is 74.0 Å². The van der Waals surface area contributed by atoms with Gasteiger partial charge in [0.25, 0.3) is 17.7 Å². The van der Waals surface area contributed by atoms with Crippen LogP contribution in [0.1, 0.15) is 93.2 Å². The van der Waals surface area contributed by atoms with Gasteiger partial charge >= 0.3 is 0 Å². The van der Waals surface area contributed by atoms with Gasteiger partial charge in [0.15, 0.2) is 37.7 Å². The summed E-state index contributed by atoms with van der Waals surface area (Å²) in [5.74, 6) is 2.47. The number of carbonyl (C=O) groups is 9. The summed E-state index contributed by atoms with van der Waals surface area (Å²) in [6.07, 6.45) is 2.96. The molecule has 0 radical (unpaired) electrons. The van der Waals surface area contributed by atoms with Crippen molar-refractivity contribution in [2.24, 2.45) is 0 Å². The van der Waals surface area contributed by atoms with E-state index < -0.39 is 0 Å². The number of amides is 3. The molecule has 6 aromatic carbocycles. The first-order valence-corrected chi connectivity index (χ1v) is 29.3. The van der Waals surface area contributed by atoms with Crippen molar-refractivity contribution in [2.45, 2.75) is 18.1 Å². The predicted octanol–water partition coefficient (Wildman–Crippen LogP) is 7.08. The molecule has 6 N–H and O–H groups in total. The molecule has 3 heterocycles. The fourth-order valence-electron chi connectivity index (χ4n) is 9.12. The highest BCUT2D eigenvalue weighted by atomic mass is 32.2. The molecule has 438 valence electrons. The van der Waals surface area contributed by atoms with Gasteiger partial charge in [0.05, 0.1) is 68.2 Å². The molecule has 6 aromatic rings. The molecule has 21 nitrogen and oxygen atoms in total. The molecule has 3 atom stereocenters. The Kier molecular flexibility index (Phi) is 22.6. The third kappa shape index (κ3) is 15.0. The van der Waals surface area contributed by atoms with E-state index in [1.807, 2.05) is 0 Å². The Morgan fingerprint density at radius 2 is 0.595 bits per heavy atom. The highest BCUT2D eigenvalue weighted by molar-refractivity contribution is 7.99. The molecule has 3 saturated heterocycles. The fraction of sp³-hybridized carbons (Fsp3) is 0.250. The van der Waals surface area contributed by atoms with Crippen molar-refractivity contribution < 1.29 is 88.0 Å². The summed E-state index contributed by atoms with van der Waals surface area (Å²) in [5, 5.41) is 58.9. The predicted molar refractivity (Wildman–Crippen MR) is 314 cm³/mol. The molecule has 3 amide bonds. The number of carbonyl (C=O) groups excluding carboxylic acids is 9. The van der Waals surface area contributed by atoms with E-state index in [-0.39, 0.29) is 157 Å². The molecule has 3 aliphatic rings. The highest BCUT2D eigenvalue weighted by Crippen LogP contribution is 2.32. The van der Waals surface area contributed by atoms with Crippen LogP contribution in [0, 0.1) is 0 Å². The van der Waals surface area contributed by atoms with Crippen molar-refractivity contribution >= 4 is 90.7 Å². The summed E-state index contributed by atoms with van der Waals surface area (Å²) < 4.78 is 17.2. The van der Waals surface area contributed by atoms with Gasteiger partial charge < -0.3 is 59.5 Å². The summed E-state index contributed by atoms with van der Waals surface area (Å²) in [5.41, 5.74) is 0.457. The number of phenolic OH excluding ortho intramolecular Hbond substituents is 6. The largest absolute Gasteiger partial charge is 0.507 e. The van der Waals surface area contributed by atoms with Gasteiger partial charge in [-0.15, -0.1) is 0 Å². The molecule has 0 saturated carbocycles. The van der Waals surface area contributed by atoms with Crippen LogP contribution in [-0.2, 0) is 0 Å². The number of aromatic hydroxyl groups is 6. The lowest BCUT2D eigenvalue weighted by molar-refractivity contribution is 0.0639. The normalized spacial score (nSPS) is 16.4. The molecule has 0 bridgehead atoms. The molecule has 1 unspecified atom stereocenters. The molecule has 84 heavy (non-hydrogen) atoms. The van der Waals surface area contributed by atoms with E-state index in [1.165, 1.54) is 72.8 Å². The van der Waals surface area contributed by atoms with Gasteiger partial charge in [-0.3, -0.25) is 43.2 Å². The minimum absolute atomic E-state index is 0.0402. The monoisotopic (exact) mass is 1200 g/mol. The van der Waals surface area contributed by atoms with Gasteiger partial charge in [-0.2, -0.15) is 35.3 Å². The Labute approximate surface area is 494 Å². The summed E-state index contributed by atoms with van der Waals surface area (Å²) in [6, 6.07) is 25.9. The van der Waals surface area contributed by atoms with Crippen molar-refractivity contribution in [3.05, 3.63) is 159 Å². The van der Waals surface area contributed by atoms with Gasteiger partial charge in [0.1, 0.15) is 71.6 Å². The molecular formula is C60H57N3O18S3. The van der Waals surface area contributed by atoms with Gasteiger partial charge in [-0.1, -0.05) is 36.4 Å². The SMILES string of the molecule is O=Cc1c(O)cccc1OCC1CSCCN1C(=O)c1cccc(O)c1C=O.O=Cc1c(O)cccc1OC[C@@H]1CSCCN1C(=O)c1cccc(O)c1C=O.O=Cc1c(O)cccc1OC[C@H]1CSCCN1C(=O)c1cccc(O)c1C=O. The Balaban J connectivity index is 0.000000181. The first-order chi connectivity index (χ1) is 40.7. The summed E-state index contributed by atoms with van der Waals surface area (Å²) in [7, 11) is 0. The standard InChI is InChI=1S/3C20H19NO6S/c3*22-9-15-14(3-1-4-17(15)24)20(26)21-7-8-28-12-13(21)11-27-19-6-2-5-18(25)16(19)10-23/h3*1-6,9-10,13,24-25H,7-8,11-12H2/t2*13-;/m10./s1. The van der Waals surface area contributed by atoms with Crippen LogP contribution in [0.25, 0.3) is 0 Å². The smallest absolute Gasteiger partial charge is 0.255 e. The number of phenols is 6. The second kappa shape index (κ2) is 30.3. The minimum Gasteiger partial charge on any atom is -0.507 e. The molecule has 3 fully saturated rings. The van der Waals surface area contributed by atoms with Crippen LogP contribution in [0.3, 0.4) is 0 Å². The Hall–Kier alpha value is -9.00. The minimum atomic E-state index is -0.363. The Bertz CT molecular complexity index is 3050. The zero-order chi connectivity index (χ0) is 60.3. The van der Waals surface area contributed by atoms with E-state index in [4.69, 9.17) is 14.2 Å². The van der Waals surface area contributed by atoms with E-state index in [9.17, 15) is 73.8 Å². The maximum absolute atomic E-state index is 13.0. The number of ether oxygens (including phenoxy) is 3. The van der Waals surface area contributed by atoms with E-state index in [0.717, 1.165) is 17.3 Å². The third-order valence-corrected chi connectivity index (χ3v) is 16.8. The molecule has 24 heteroatoms. The Morgan fingerprint density at radius 1 is 0.369 bits per heavy atom. The van der Waals surface area contributed by atoms with Gasteiger partial charge in [0, 0.05) is 54.2 Å². The zero-order valence-corrected chi connectivity index (χ0v) is 47.2. The lowest BCUT2D eigenvalue weighted by atomic mass is 10.1. The van der Waals surface area contributed by atoms with Crippen molar-refractivity contribution in [1.82, 2.24) is 14.7 Å². The molecule has 3 aliphatic heterocycles. The first-order valence-electron chi connectivity index (χ1n) is 25.9. The summed E-state index contributed by atoms with van der Waals surface area (Å²) >= 11 is 5.01. The molecular weight excluding hydrogens is 1150 g/mol. The average Bonchev–Trinajstić information content (AvgIpc) is 3.67. The van der Waals surface area contributed by atoms with Crippen LogP contribution in [0.2, 0.25) is 0 Å². The summed E-state index contributed by atoms with van der Waals surface area (Å²) in [6.45, 7) is 1.76. The van der Waals surface area contributed by atoms with Crippen LogP contribution in [-0.4, -0.2) is 193 Å². The lowest BCUT2D eigenvalue weighted by Gasteiger charge is -2.35. The van der Waals surface area contributed by atoms with Crippen LogP contribution in [0.5, 0.6) is 51.7 Å². The maximum Gasteiger partial charge on any atom is 0.255 e. The van der Waals surface area contributed by atoms with Crippen molar-refractivity contribution in [1.29, 1.82) is 0 Å². The average molecular weight is 1200 g/mol. The quantitative estimate of drug-likeness (QED) is 0.0468. The topological polar surface area (TPSA) is 312 Å². The highest BCUT2D eigenvalue weighted by Gasteiger charge is 2.34. The number of hydrogen-bond donors (Lipinski definition) is 6. The number of hydrogen-bond acceptors (Lipinski definition) is 21. The van der Waals surface area contributed by atoms with Crippen molar-refractivity contribution in [3.8, 4) is 51.7 Å². The number of benzene rings is 6. The number of nitrogens with zero attached hydrogens (tertiary/aromatic N) is 3. The second-order valence-corrected chi connectivity index (χ2v) is 22.1. The zero-order valence-electron chi connectivity index (χ0n) is 44.7. The number of thioether (sulfide) groups is 3. The lowest BCUT2D eigenvalue weighted by Crippen LogP contribution is -2.49. The van der Waals surface area contributed by atoms with Crippen LogP contribution in [0.4, 0.5) is 0 Å². The van der Waals surface area contributed by atoms with Crippen LogP contribution < -0.4 is 14.2 Å². The van der Waals surface area contributed by atoms with Gasteiger partial charge in [0.2, 0.25) is 0 Å². The second-order valence-electron chi connectivity index (χ2n) is 18.6. The fourth-order valence-corrected chi connectivity index (χ4v) is 12.2. The molecule has 0 aliphatic carbocycles. The van der Waals surface area contributed by atoms with Crippen molar-refractivity contribution in [3.63, 3.8) is 0 Å². The summed E-state index contributed by atoms with van der Waals surface area (Å²) in [4.78, 5) is 111. The third-order valence-electron chi connectivity index (χ3n) is 13.5. The van der Waals surface area contributed by atoms with E-state index in [0.29, 0.717) is 74.6 Å². The number of aldehydes is 6. The van der Waals surface area contributed by atoms with Crippen LogP contribution in [0.15, 0.2) is 109 Å². The van der Waals surface area contributed by atoms with E-state index >= 15 is 0 Å². The molecule has 0 spiro atoms. The molecule has 0 aromatic heterocycles. The molecule has 9 rings (SSSR count).